The fraction of sp³-hybridized carbons (Fsp3) is 0.889. The molecule has 2 nitrogen and oxygen atoms in total. The Balaban J connectivity index is 3.61. The van der Waals surface area contributed by atoms with Gasteiger partial charge in [0.2, 0.25) is 5.91 Å². The summed E-state index contributed by atoms with van der Waals surface area (Å²) in [5, 5.41) is 3.01. The second kappa shape index (κ2) is 7.47. The van der Waals surface area contributed by atoms with Crippen molar-refractivity contribution >= 4 is 17.7 Å². The third-order valence-corrected chi connectivity index (χ3v) is 2.44. The van der Waals surface area contributed by atoms with E-state index in [1.54, 1.807) is 11.8 Å². The summed E-state index contributed by atoms with van der Waals surface area (Å²) in [6, 6.07) is 0.360. The van der Waals surface area contributed by atoms with Crippen LogP contribution in [0, 0.1) is 0 Å². The van der Waals surface area contributed by atoms with Gasteiger partial charge in [0.25, 0.3) is 0 Å². The molecular formula is C9H19NOS. The Bertz CT molecular complexity index is 128. The molecule has 0 saturated heterocycles. The lowest BCUT2D eigenvalue weighted by Crippen LogP contribution is -2.35. The van der Waals surface area contributed by atoms with E-state index in [1.807, 2.05) is 6.92 Å². The Labute approximate surface area is 79.5 Å². The minimum Gasteiger partial charge on any atom is -0.353 e. The van der Waals surface area contributed by atoms with Gasteiger partial charge in [0.1, 0.15) is 0 Å². The van der Waals surface area contributed by atoms with E-state index in [-0.39, 0.29) is 5.91 Å². The molecule has 0 saturated carbocycles. The highest BCUT2D eigenvalue weighted by Crippen LogP contribution is 2.01. The summed E-state index contributed by atoms with van der Waals surface area (Å²) in [7, 11) is 0. The third kappa shape index (κ3) is 5.47. The van der Waals surface area contributed by atoms with Crippen LogP contribution in [0.2, 0.25) is 0 Å². The van der Waals surface area contributed by atoms with Gasteiger partial charge in [-0.25, -0.2) is 0 Å². The van der Waals surface area contributed by atoms with Gasteiger partial charge in [0.15, 0.2) is 0 Å². The number of carbonyl (C=O) groups excluding carboxylic acids is 1. The summed E-state index contributed by atoms with van der Waals surface area (Å²) in [6.07, 6.45) is 4.68. The van der Waals surface area contributed by atoms with Crippen molar-refractivity contribution in [3.8, 4) is 0 Å². The Morgan fingerprint density at radius 3 is 2.58 bits per heavy atom. The molecule has 0 rings (SSSR count). The second-order valence-corrected chi connectivity index (χ2v) is 3.79. The molecule has 0 radical (unpaired) electrons. The molecule has 0 bridgehead atoms. The van der Waals surface area contributed by atoms with E-state index in [0.717, 1.165) is 18.6 Å². The lowest BCUT2D eigenvalue weighted by Gasteiger charge is -2.15. The van der Waals surface area contributed by atoms with Gasteiger partial charge in [0.05, 0.1) is 0 Å². The fourth-order valence-corrected chi connectivity index (χ4v) is 1.71. The monoisotopic (exact) mass is 189 g/mol. The van der Waals surface area contributed by atoms with Crippen LogP contribution in [-0.2, 0) is 4.79 Å². The molecule has 0 aromatic rings. The molecule has 0 fully saturated rings. The summed E-state index contributed by atoms with van der Waals surface area (Å²) < 4.78 is 0. The molecule has 0 aromatic heterocycles. The quantitative estimate of drug-likeness (QED) is 0.693. The van der Waals surface area contributed by atoms with Crippen LogP contribution in [0.15, 0.2) is 0 Å². The van der Waals surface area contributed by atoms with Gasteiger partial charge in [-0.1, -0.05) is 13.8 Å². The number of amides is 1. The van der Waals surface area contributed by atoms with Crippen LogP contribution in [0.3, 0.4) is 0 Å². The lowest BCUT2D eigenvalue weighted by molar-refractivity contribution is -0.121. The maximum Gasteiger partial charge on any atom is 0.220 e. The van der Waals surface area contributed by atoms with Crippen molar-refractivity contribution < 1.29 is 4.79 Å². The largest absolute Gasteiger partial charge is 0.353 e. The molecule has 1 amide bonds. The van der Waals surface area contributed by atoms with E-state index < -0.39 is 0 Å². The maximum atomic E-state index is 11.2. The molecule has 0 aromatic carbocycles. The lowest BCUT2D eigenvalue weighted by atomic mass is 10.2. The molecule has 12 heavy (non-hydrogen) atoms. The molecule has 1 unspecified atom stereocenters. The van der Waals surface area contributed by atoms with E-state index in [2.05, 4.69) is 18.5 Å². The number of rotatable bonds is 6. The van der Waals surface area contributed by atoms with Crippen LogP contribution in [0.4, 0.5) is 0 Å². The van der Waals surface area contributed by atoms with Crippen molar-refractivity contribution in [2.24, 2.45) is 0 Å². The number of hydrogen-bond donors (Lipinski definition) is 1. The van der Waals surface area contributed by atoms with Crippen molar-refractivity contribution in [3.63, 3.8) is 0 Å². The number of nitrogens with one attached hydrogen (secondary N) is 1. The molecule has 72 valence electrons. The first-order valence-electron chi connectivity index (χ1n) is 4.52. The van der Waals surface area contributed by atoms with Gasteiger partial charge in [-0.15, -0.1) is 0 Å². The van der Waals surface area contributed by atoms with E-state index in [9.17, 15) is 4.79 Å². The zero-order chi connectivity index (χ0) is 9.40. The van der Waals surface area contributed by atoms with Crippen LogP contribution in [0.25, 0.3) is 0 Å². The van der Waals surface area contributed by atoms with E-state index in [1.165, 1.54) is 0 Å². The highest BCUT2D eigenvalue weighted by Gasteiger charge is 2.07. The minimum absolute atomic E-state index is 0.193. The third-order valence-electron chi connectivity index (χ3n) is 1.70. The maximum absolute atomic E-state index is 11.2. The smallest absolute Gasteiger partial charge is 0.220 e. The van der Waals surface area contributed by atoms with Gasteiger partial charge < -0.3 is 5.32 Å². The highest BCUT2D eigenvalue weighted by atomic mass is 32.2. The average Bonchev–Trinajstić information content (AvgIpc) is 2.04. The standard InChI is InChI=1S/C9H19NOS/c1-4-6-9(11)10-8(5-2)7-12-3/h8H,4-7H2,1-3H3,(H,10,11). The second-order valence-electron chi connectivity index (χ2n) is 2.88. The predicted molar refractivity (Wildman–Crippen MR) is 55.5 cm³/mol. The summed E-state index contributed by atoms with van der Waals surface area (Å²) in [5.41, 5.74) is 0. The van der Waals surface area contributed by atoms with Crippen molar-refractivity contribution in [1.82, 2.24) is 5.32 Å². The summed E-state index contributed by atoms with van der Waals surface area (Å²) in [6.45, 7) is 4.13. The summed E-state index contributed by atoms with van der Waals surface area (Å²) >= 11 is 1.78. The number of thioether (sulfide) groups is 1. The molecule has 3 heteroatoms. The van der Waals surface area contributed by atoms with Crippen molar-refractivity contribution in [1.29, 1.82) is 0 Å². The average molecular weight is 189 g/mol. The molecule has 0 aliphatic rings. The van der Waals surface area contributed by atoms with Crippen LogP contribution in [-0.4, -0.2) is 24.0 Å². The fourth-order valence-electron chi connectivity index (χ4n) is 0.990. The van der Waals surface area contributed by atoms with Crippen molar-refractivity contribution in [3.05, 3.63) is 0 Å². The summed E-state index contributed by atoms with van der Waals surface area (Å²) in [5.74, 6) is 1.21. The molecule has 1 N–H and O–H groups in total. The molecule has 0 heterocycles. The minimum atomic E-state index is 0.193. The first-order valence-corrected chi connectivity index (χ1v) is 5.92. The van der Waals surface area contributed by atoms with Gasteiger partial charge >= 0.3 is 0 Å². The first-order chi connectivity index (χ1) is 5.74. The SMILES string of the molecule is CCCC(=O)NC(CC)CSC. The number of carbonyl (C=O) groups is 1. The van der Waals surface area contributed by atoms with Crippen LogP contribution in [0.1, 0.15) is 33.1 Å². The Kier molecular flexibility index (Phi) is 7.36. The molecular weight excluding hydrogens is 170 g/mol. The Hall–Kier alpha value is -0.180. The van der Waals surface area contributed by atoms with Crippen molar-refractivity contribution in [2.45, 2.75) is 39.2 Å². The van der Waals surface area contributed by atoms with Gasteiger partial charge in [-0.3, -0.25) is 4.79 Å². The van der Waals surface area contributed by atoms with E-state index >= 15 is 0 Å². The molecule has 1 atom stereocenters. The van der Waals surface area contributed by atoms with Crippen molar-refractivity contribution in [2.75, 3.05) is 12.0 Å². The van der Waals surface area contributed by atoms with Crippen LogP contribution < -0.4 is 5.32 Å². The van der Waals surface area contributed by atoms with E-state index in [0.29, 0.717) is 12.5 Å². The zero-order valence-electron chi connectivity index (χ0n) is 8.22. The van der Waals surface area contributed by atoms with Gasteiger partial charge in [0, 0.05) is 18.2 Å². The normalized spacial score (nSPS) is 12.6. The predicted octanol–water partition coefficient (Wildman–Crippen LogP) is 2.04. The van der Waals surface area contributed by atoms with Crippen LogP contribution >= 0.6 is 11.8 Å². The number of hydrogen-bond acceptors (Lipinski definition) is 2. The zero-order valence-corrected chi connectivity index (χ0v) is 9.04. The van der Waals surface area contributed by atoms with E-state index in [4.69, 9.17) is 0 Å². The molecule has 0 spiro atoms. The molecule has 0 aliphatic carbocycles. The Morgan fingerprint density at radius 1 is 1.50 bits per heavy atom. The van der Waals surface area contributed by atoms with Gasteiger partial charge in [-0.05, 0) is 19.1 Å². The van der Waals surface area contributed by atoms with Gasteiger partial charge in [-0.2, -0.15) is 11.8 Å². The highest BCUT2D eigenvalue weighted by molar-refractivity contribution is 7.98. The Morgan fingerprint density at radius 2 is 2.17 bits per heavy atom. The topological polar surface area (TPSA) is 29.1 Å². The first kappa shape index (κ1) is 11.8. The van der Waals surface area contributed by atoms with Crippen LogP contribution in [0.5, 0.6) is 0 Å². The summed E-state index contributed by atoms with van der Waals surface area (Å²) in [4.78, 5) is 11.2. The molecule has 0 aliphatic heterocycles.